The lowest BCUT2D eigenvalue weighted by atomic mass is 10.1. The fourth-order valence-corrected chi connectivity index (χ4v) is 2.48. The summed E-state index contributed by atoms with van der Waals surface area (Å²) >= 11 is 0. The number of pyridine rings is 1. The third-order valence-electron chi connectivity index (χ3n) is 3.55. The number of nitrogens with zero attached hydrogens (tertiary/aromatic N) is 1. The number of ether oxygens (including phenoxy) is 2. The van der Waals surface area contributed by atoms with Crippen molar-refractivity contribution in [2.45, 2.75) is 6.42 Å². The maximum atomic E-state index is 11.2. The summed E-state index contributed by atoms with van der Waals surface area (Å²) in [7, 11) is 1.66. The average molecular weight is 295 g/mol. The Morgan fingerprint density at radius 2 is 1.68 bits per heavy atom. The van der Waals surface area contributed by atoms with Gasteiger partial charge < -0.3 is 14.7 Å². The van der Waals surface area contributed by atoms with E-state index in [1.165, 1.54) is 6.20 Å². The molecular weight excluding hydrogens is 278 g/mol. The number of fused-ring (bicyclic) bond motifs is 1. The summed E-state index contributed by atoms with van der Waals surface area (Å²) in [6.45, 7) is 0.514. The molecule has 22 heavy (non-hydrogen) atoms. The highest BCUT2D eigenvalue weighted by Crippen LogP contribution is 2.32. The molecule has 0 bridgehead atoms. The normalized spacial score (nSPS) is 10.6. The number of hydrogen-bond donors (Lipinski definition) is 0. The molecule has 4 heteroatoms. The molecule has 0 N–H and O–H groups in total. The molecule has 3 rings (SSSR count). The highest BCUT2D eigenvalue weighted by Gasteiger charge is 2.07. The topological polar surface area (TPSA) is 45.4 Å². The van der Waals surface area contributed by atoms with E-state index in [1.54, 1.807) is 19.4 Å². The summed E-state index contributed by atoms with van der Waals surface area (Å²) < 4.78 is 12.1. The summed E-state index contributed by atoms with van der Waals surface area (Å²) in [5.74, 6) is 1.65. The van der Waals surface area contributed by atoms with Crippen LogP contribution >= 0.6 is 0 Å². The summed E-state index contributed by atoms with van der Waals surface area (Å²) in [5.41, 5.74) is 0.954. The number of hydrogen-bond acceptors (Lipinski definition) is 3. The quantitative estimate of drug-likeness (QED) is 0.536. The van der Waals surface area contributed by atoms with Gasteiger partial charge in [0.2, 0.25) is 0 Å². The Kier molecular flexibility index (Phi) is 4.10. The molecule has 2 aromatic carbocycles. The lowest BCUT2D eigenvalue weighted by Crippen LogP contribution is -2.25. The van der Waals surface area contributed by atoms with Gasteiger partial charge in [0.25, 0.3) is 0 Å². The summed E-state index contributed by atoms with van der Waals surface area (Å²) in [5, 5.41) is 13.3. The van der Waals surface area contributed by atoms with Crippen LogP contribution in [0.4, 0.5) is 0 Å². The van der Waals surface area contributed by atoms with Gasteiger partial charge >= 0.3 is 0 Å². The van der Waals surface area contributed by atoms with Crippen LogP contribution in [0.3, 0.4) is 0 Å². The van der Waals surface area contributed by atoms with Gasteiger partial charge in [-0.2, -0.15) is 4.73 Å². The first kappa shape index (κ1) is 14.2. The summed E-state index contributed by atoms with van der Waals surface area (Å²) in [4.78, 5) is 0. The highest BCUT2D eigenvalue weighted by atomic mass is 16.5. The molecule has 1 aromatic heterocycles. The Balaban J connectivity index is 1.77. The van der Waals surface area contributed by atoms with Crippen LogP contribution in [0, 0.1) is 5.21 Å². The minimum absolute atomic E-state index is 0.514. The molecule has 0 saturated carbocycles. The van der Waals surface area contributed by atoms with E-state index < -0.39 is 0 Å². The van der Waals surface area contributed by atoms with Gasteiger partial charge in [0.15, 0.2) is 12.4 Å². The van der Waals surface area contributed by atoms with Crippen molar-refractivity contribution >= 4 is 10.8 Å². The summed E-state index contributed by atoms with van der Waals surface area (Å²) in [6.07, 6.45) is 3.72. The van der Waals surface area contributed by atoms with Crippen LogP contribution < -0.4 is 14.2 Å². The molecule has 3 aromatic rings. The fraction of sp³-hybridized carbons (Fsp3) is 0.167. The average Bonchev–Trinajstić information content (AvgIpc) is 2.55. The Bertz CT molecular complexity index is 786. The van der Waals surface area contributed by atoms with Crippen LogP contribution in [0.5, 0.6) is 11.5 Å². The van der Waals surface area contributed by atoms with Gasteiger partial charge in [-0.25, -0.2) is 0 Å². The minimum atomic E-state index is 0.514. The lowest BCUT2D eigenvalue weighted by Gasteiger charge is -2.11. The van der Waals surface area contributed by atoms with Gasteiger partial charge in [-0.1, -0.05) is 24.3 Å². The van der Waals surface area contributed by atoms with Crippen molar-refractivity contribution in [3.63, 3.8) is 0 Å². The maximum absolute atomic E-state index is 11.2. The smallest absolute Gasteiger partial charge is 0.183 e. The van der Waals surface area contributed by atoms with Crippen molar-refractivity contribution in [3.05, 3.63) is 71.7 Å². The van der Waals surface area contributed by atoms with Gasteiger partial charge in [-0.15, -0.1) is 0 Å². The minimum Gasteiger partial charge on any atom is -0.619 e. The van der Waals surface area contributed by atoms with Crippen LogP contribution in [-0.2, 0) is 6.42 Å². The molecular formula is C18H17NO3. The number of aromatic nitrogens is 1. The van der Waals surface area contributed by atoms with E-state index in [-0.39, 0.29) is 0 Å². The van der Waals surface area contributed by atoms with Crippen LogP contribution in [0.1, 0.15) is 5.56 Å². The van der Waals surface area contributed by atoms with Crippen LogP contribution in [0.2, 0.25) is 0 Å². The van der Waals surface area contributed by atoms with Crippen molar-refractivity contribution in [2.24, 2.45) is 0 Å². The highest BCUT2D eigenvalue weighted by molar-refractivity contribution is 5.93. The Hall–Kier alpha value is -2.75. The van der Waals surface area contributed by atoms with E-state index in [4.69, 9.17) is 9.47 Å². The predicted molar refractivity (Wildman–Crippen MR) is 85.1 cm³/mol. The van der Waals surface area contributed by atoms with Gasteiger partial charge in [0, 0.05) is 28.8 Å². The van der Waals surface area contributed by atoms with Crippen LogP contribution in [0.25, 0.3) is 10.8 Å². The van der Waals surface area contributed by atoms with Gasteiger partial charge in [-0.05, 0) is 18.2 Å². The second-order valence-corrected chi connectivity index (χ2v) is 4.98. The zero-order chi connectivity index (χ0) is 15.4. The Morgan fingerprint density at radius 1 is 0.955 bits per heavy atom. The van der Waals surface area contributed by atoms with Crippen molar-refractivity contribution in [1.29, 1.82) is 0 Å². The molecule has 0 amide bonds. The SMILES string of the molecule is COc1ccc(OCCc2ccc[n+]([O-])c2)c2ccccc12. The maximum Gasteiger partial charge on any atom is 0.183 e. The van der Waals surface area contributed by atoms with Crippen molar-refractivity contribution in [1.82, 2.24) is 0 Å². The van der Waals surface area contributed by atoms with Crippen molar-refractivity contribution in [2.75, 3.05) is 13.7 Å². The molecule has 0 atom stereocenters. The fourth-order valence-electron chi connectivity index (χ4n) is 2.48. The van der Waals surface area contributed by atoms with Crippen molar-refractivity contribution in [3.8, 4) is 11.5 Å². The van der Waals surface area contributed by atoms with E-state index in [9.17, 15) is 5.21 Å². The van der Waals surface area contributed by atoms with E-state index in [0.717, 1.165) is 32.6 Å². The van der Waals surface area contributed by atoms with Crippen molar-refractivity contribution < 1.29 is 14.2 Å². The standard InChI is InChI=1S/C18H17NO3/c1-21-17-8-9-18(16-7-3-2-6-15(16)17)22-12-10-14-5-4-11-19(20)13-14/h2-9,11,13H,10,12H2,1H3. The molecule has 112 valence electrons. The molecule has 0 unspecified atom stereocenters. The Morgan fingerprint density at radius 3 is 2.41 bits per heavy atom. The van der Waals surface area contributed by atoms with E-state index >= 15 is 0 Å². The molecule has 0 radical (unpaired) electrons. The molecule has 0 saturated heterocycles. The second kappa shape index (κ2) is 6.35. The zero-order valence-electron chi connectivity index (χ0n) is 12.4. The molecule has 0 aliphatic carbocycles. The first-order valence-corrected chi connectivity index (χ1v) is 7.14. The number of rotatable bonds is 5. The second-order valence-electron chi connectivity index (χ2n) is 4.98. The monoisotopic (exact) mass is 295 g/mol. The zero-order valence-corrected chi connectivity index (χ0v) is 12.4. The van der Waals surface area contributed by atoms with E-state index in [2.05, 4.69) is 0 Å². The molecule has 0 fully saturated rings. The number of benzene rings is 2. The number of methoxy groups -OCH3 is 1. The lowest BCUT2D eigenvalue weighted by molar-refractivity contribution is -0.605. The van der Waals surface area contributed by atoms with Gasteiger partial charge in [0.1, 0.15) is 11.5 Å². The molecule has 4 nitrogen and oxygen atoms in total. The molecule has 0 spiro atoms. The van der Waals surface area contributed by atoms with Gasteiger partial charge in [0.05, 0.1) is 13.7 Å². The van der Waals surface area contributed by atoms with E-state index in [1.807, 2.05) is 42.5 Å². The molecule has 0 aliphatic rings. The third-order valence-corrected chi connectivity index (χ3v) is 3.55. The van der Waals surface area contributed by atoms with Crippen LogP contribution in [0.15, 0.2) is 60.9 Å². The van der Waals surface area contributed by atoms with Crippen LogP contribution in [-0.4, -0.2) is 13.7 Å². The predicted octanol–water partition coefficient (Wildman–Crippen LogP) is 3.10. The van der Waals surface area contributed by atoms with E-state index in [0.29, 0.717) is 13.0 Å². The largest absolute Gasteiger partial charge is 0.619 e. The Labute approximate surface area is 129 Å². The molecule has 1 heterocycles. The summed E-state index contributed by atoms with van der Waals surface area (Å²) in [6, 6.07) is 15.5. The third kappa shape index (κ3) is 2.96. The first-order chi connectivity index (χ1) is 10.8. The first-order valence-electron chi connectivity index (χ1n) is 7.14. The van der Waals surface area contributed by atoms with Gasteiger partial charge in [-0.3, -0.25) is 0 Å². The molecule has 0 aliphatic heterocycles.